The first-order valence-electron chi connectivity index (χ1n) is 5.85. The predicted molar refractivity (Wildman–Crippen MR) is 75.1 cm³/mol. The first kappa shape index (κ1) is 16.0. The van der Waals surface area contributed by atoms with Gasteiger partial charge in [0, 0.05) is 5.56 Å². The molecule has 0 spiro atoms. The van der Waals surface area contributed by atoms with Gasteiger partial charge in [-0.25, -0.2) is 9.18 Å². The van der Waals surface area contributed by atoms with Crippen LogP contribution in [0.5, 0.6) is 5.75 Å². The molecule has 0 N–H and O–H groups in total. The van der Waals surface area contributed by atoms with Gasteiger partial charge in [0.25, 0.3) is 0 Å². The molecule has 0 bridgehead atoms. The van der Waals surface area contributed by atoms with Crippen LogP contribution in [0.1, 0.15) is 18.1 Å². The van der Waals surface area contributed by atoms with E-state index in [9.17, 15) is 13.6 Å². The first-order valence-corrected chi connectivity index (χ1v) is 5.85. The maximum Gasteiger partial charge on any atom is 0.326 e. The van der Waals surface area contributed by atoms with E-state index in [1.54, 1.807) is 13.8 Å². The van der Waals surface area contributed by atoms with Crippen LogP contribution in [-0.2, 0) is 9.45 Å². The number of carbonyl (C=O) groups excluding carboxylic acids is 1. The number of benzene rings is 1. The number of ether oxygens (including phenoxy) is 1. The highest BCUT2D eigenvalue weighted by Crippen LogP contribution is 2.33. The van der Waals surface area contributed by atoms with Gasteiger partial charge in [0.1, 0.15) is 0 Å². The maximum atomic E-state index is 13.6. The summed E-state index contributed by atoms with van der Waals surface area (Å²) in [6.07, 6.45) is 1.50. The molecule has 0 saturated carbocycles. The molecule has 0 unspecified atom stereocenters. The van der Waals surface area contributed by atoms with Gasteiger partial charge in [-0.3, -0.25) is 0 Å². The number of rotatable bonds is 4. The zero-order valence-electron chi connectivity index (χ0n) is 11.8. The monoisotopic (exact) mass is 280 g/mol. The Morgan fingerprint density at radius 1 is 1.45 bits per heavy atom. The Hall–Kier alpha value is -2.11. The molecular formula is C14H15BF2O3. The number of carbonyl (C=O) groups is 1. The van der Waals surface area contributed by atoms with Crippen LogP contribution < -0.4 is 4.74 Å². The molecule has 6 heteroatoms. The van der Waals surface area contributed by atoms with Crippen molar-refractivity contribution in [2.24, 2.45) is 0 Å². The van der Waals surface area contributed by atoms with Gasteiger partial charge < -0.3 is 9.39 Å². The highest BCUT2D eigenvalue weighted by molar-refractivity contribution is 6.15. The molecule has 106 valence electrons. The SMILES string of the molecule is BOC(=O)/C(=C/C)C(=C)c1cc(F)c(F)c(OC)c1C. The second kappa shape index (κ2) is 6.37. The van der Waals surface area contributed by atoms with E-state index in [4.69, 9.17) is 4.74 Å². The van der Waals surface area contributed by atoms with Crippen molar-refractivity contribution in [2.75, 3.05) is 7.11 Å². The Labute approximate surface area is 117 Å². The van der Waals surface area contributed by atoms with Gasteiger partial charge in [0.05, 0.1) is 12.7 Å². The second-order valence-electron chi connectivity index (χ2n) is 4.05. The van der Waals surface area contributed by atoms with Crippen LogP contribution in [0, 0.1) is 18.6 Å². The van der Waals surface area contributed by atoms with Crippen LogP contribution >= 0.6 is 0 Å². The van der Waals surface area contributed by atoms with E-state index in [1.807, 2.05) is 0 Å². The highest BCUT2D eigenvalue weighted by Gasteiger charge is 2.21. The predicted octanol–water partition coefficient (Wildman–Crippen LogP) is 2.33. The van der Waals surface area contributed by atoms with E-state index in [0.29, 0.717) is 11.1 Å². The number of hydrogen-bond acceptors (Lipinski definition) is 3. The lowest BCUT2D eigenvalue weighted by atomic mass is 9.94. The Morgan fingerprint density at radius 2 is 2.05 bits per heavy atom. The maximum absolute atomic E-state index is 13.6. The molecule has 1 rings (SSSR count). The van der Waals surface area contributed by atoms with E-state index in [0.717, 1.165) is 6.07 Å². The van der Waals surface area contributed by atoms with Gasteiger partial charge in [-0.05, 0) is 31.1 Å². The van der Waals surface area contributed by atoms with Gasteiger partial charge in [0.15, 0.2) is 11.6 Å². The Kier molecular flexibility index (Phi) is 5.08. The minimum absolute atomic E-state index is 0.184. The van der Waals surface area contributed by atoms with Crippen molar-refractivity contribution < 1.29 is 23.0 Å². The van der Waals surface area contributed by atoms with Gasteiger partial charge in [-0.15, -0.1) is 0 Å². The van der Waals surface area contributed by atoms with E-state index in [1.165, 1.54) is 21.2 Å². The van der Waals surface area contributed by atoms with Crippen molar-refractivity contribution in [3.63, 3.8) is 0 Å². The van der Waals surface area contributed by atoms with Crippen molar-refractivity contribution >= 4 is 19.6 Å². The smallest absolute Gasteiger partial charge is 0.326 e. The van der Waals surface area contributed by atoms with Crippen molar-refractivity contribution in [2.45, 2.75) is 13.8 Å². The van der Waals surface area contributed by atoms with Crippen LogP contribution in [0.25, 0.3) is 5.57 Å². The molecule has 20 heavy (non-hydrogen) atoms. The van der Waals surface area contributed by atoms with E-state index in [2.05, 4.69) is 11.2 Å². The quantitative estimate of drug-likeness (QED) is 0.482. The summed E-state index contributed by atoms with van der Waals surface area (Å²) < 4.78 is 36.6. The Morgan fingerprint density at radius 3 is 2.50 bits per heavy atom. The molecule has 0 saturated heterocycles. The lowest BCUT2D eigenvalue weighted by Crippen LogP contribution is -2.09. The van der Waals surface area contributed by atoms with Gasteiger partial charge in [-0.1, -0.05) is 12.7 Å². The van der Waals surface area contributed by atoms with Crippen LogP contribution in [-0.4, -0.2) is 21.1 Å². The topological polar surface area (TPSA) is 35.5 Å². The third-order valence-corrected chi connectivity index (χ3v) is 2.97. The van der Waals surface area contributed by atoms with Crippen molar-refractivity contribution in [3.8, 4) is 5.75 Å². The van der Waals surface area contributed by atoms with Gasteiger partial charge >= 0.3 is 14.0 Å². The summed E-state index contributed by atoms with van der Waals surface area (Å²) in [5.74, 6) is -2.94. The molecule has 0 radical (unpaired) electrons. The number of methoxy groups -OCH3 is 1. The molecule has 1 aromatic carbocycles. The summed E-state index contributed by atoms with van der Waals surface area (Å²) >= 11 is 0. The average molecular weight is 280 g/mol. The third kappa shape index (κ3) is 2.74. The zero-order valence-corrected chi connectivity index (χ0v) is 11.8. The molecule has 3 nitrogen and oxygen atoms in total. The molecule has 0 aliphatic carbocycles. The summed E-state index contributed by atoms with van der Waals surface area (Å²) in [6, 6.07) is 0.988. The standard InChI is InChI=1S/C14H15BF2O3/c1-5-9(14(18)20-15)7(2)10-6-11(16)12(17)13(19-4)8(10)3/h5-6H,2,15H2,1,3-4H3/b9-5+. The third-order valence-electron chi connectivity index (χ3n) is 2.97. The van der Waals surface area contributed by atoms with E-state index < -0.39 is 17.6 Å². The van der Waals surface area contributed by atoms with Crippen molar-refractivity contribution in [3.05, 3.63) is 47.1 Å². The van der Waals surface area contributed by atoms with Crippen molar-refractivity contribution in [1.29, 1.82) is 0 Å². The Bertz CT molecular complexity index is 595. The number of halogens is 2. The van der Waals surface area contributed by atoms with Crippen LogP contribution in [0.3, 0.4) is 0 Å². The summed E-state index contributed by atoms with van der Waals surface area (Å²) in [4.78, 5) is 11.6. The molecule has 0 heterocycles. The average Bonchev–Trinajstić information content (AvgIpc) is 2.43. The second-order valence-corrected chi connectivity index (χ2v) is 4.05. The Balaban J connectivity index is 3.44. The lowest BCUT2D eigenvalue weighted by molar-refractivity contribution is -0.129. The summed E-state index contributed by atoms with van der Waals surface area (Å²) in [6.45, 7) is 6.95. The zero-order chi connectivity index (χ0) is 15.4. The fourth-order valence-corrected chi connectivity index (χ4v) is 1.92. The molecule has 0 atom stereocenters. The summed E-state index contributed by atoms with van der Waals surface area (Å²) in [5, 5.41) is 0. The molecule has 0 aromatic heterocycles. The molecule has 0 amide bonds. The molecule has 0 aliphatic rings. The van der Waals surface area contributed by atoms with Crippen LogP contribution in [0.15, 0.2) is 24.3 Å². The fraction of sp³-hybridized carbons (Fsp3) is 0.214. The van der Waals surface area contributed by atoms with Crippen LogP contribution in [0.4, 0.5) is 8.78 Å². The fourth-order valence-electron chi connectivity index (χ4n) is 1.92. The summed E-state index contributed by atoms with van der Waals surface area (Å²) in [7, 11) is 2.48. The van der Waals surface area contributed by atoms with Crippen LogP contribution in [0.2, 0.25) is 0 Å². The normalized spacial score (nSPS) is 11.2. The largest absolute Gasteiger partial charge is 0.540 e. The van der Waals surface area contributed by atoms with E-state index in [-0.39, 0.29) is 16.9 Å². The number of allylic oxidation sites excluding steroid dienone is 1. The molecule has 0 fully saturated rings. The van der Waals surface area contributed by atoms with Gasteiger partial charge in [0.2, 0.25) is 5.82 Å². The minimum Gasteiger partial charge on any atom is -0.540 e. The lowest BCUT2D eigenvalue weighted by Gasteiger charge is -2.15. The van der Waals surface area contributed by atoms with Crippen molar-refractivity contribution in [1.82, 2.24) is 0 Å². The summed E-state index contributed by atoms with van der Waals surface area (Å²) in [5.41, 5.74) is 1.08. The molecular weight excluding hydrogens is 265 g/mol. The first-order chi connectivity index (χ1) is 9.38. The minimum atomic E-state index is -1.07. The molecule has 1 aromatic rings. The number of hydrogen-bond donors (Lipinski definition) is 0. The van der Waals surface area contributed by atoms with Gasteiger partial charge in [-0.2, -0.15) is 4.39 Å². The molecule has 0 aliphatic heterocycles. The van der Waals surface area contributed by atoms with E-state index >= 15 is 0 Å². The highest BCUT2D eigenvalue weighted by atomic mass is 19.2.